The number of nitrogens with zero attached hydrogens (tertiary/aromatic N) is 2. The quantitative estimate of drug-likeness (QED) is 0.718. The normalized spacial score (nSPS) is 22.5. The Morgan fingerprint density at radius 3 is 2.47 bits per heavy atom. The third kappa shape index (κ3) is 3.33. The van der Waals surface area contributed by atoms with Crippen molar-refractivity contribution < 1.29 is 9.90 Å². The number of urea groups is 1. The van der Waals surface area contributed by atoms with Crippen LogP contribution in [0.3, 0.4) is 0 Å². The highest BCUT2D eigenvalue weighted by Crippen LogP contribution is 2.18. The average Bonchev–Trinajstić information content (AvgIpc) is 2.70. The molecule has 2 rings (SSSR count). The molecular weight excluding hydrogens is 218 g/mol. The minimum absolute atomic E-state index is 0.0634. The van der Waals surface area contributed by atoms with E-state index in [-0.39, 0.29) is 12.6 Å². The summed E-state index contributed by atoms with van der Waals surface area (Å²) in [6.07, 6.45) is 3.60. The van der Waals surface area contributed by atoms with Crippen molar-refractivity contribution in [2.24, 2.45) is 5.92 Å². The molecule has 0 unspecified atom stereocenters. The molecule has 2 N–H and O–H groups in total. The third-order valence-electron chi connectivity index (χ3n) is 3.82. The zero-order chi connectivity index (χ0) is 12.1. The Bertz CT molecular complexity index is 254. The number of aliphatic hydroxyl groups is 1. The van der Waals surface area contributed by atoms with Gasteiger partial charge in [0.15, 0.2) is 0 Å². The van der Waals surface area contributed by atoms with E-state index in [1.807, 2.05) is 4.90 Å². The van der Waals surface area contributed by atoms with Gasteiger partial charge in [0, 0.05) is 26.2 Å². The van der Waals surface area contributed by atoms with Crippen LogP contribution in [0.2, 0.25) is 0 Å². The molecule has 0 aromatic rings. The summed E-state index contributed by atoms with van der Waals surface area (Å²) in [7, 11) is 0. The van der Waals surface area contributed by atoms with Crippen molar-refractivity contribution in [2.75, 3.05) is 45.9 Å². The van der Waals surface area contributed by atoms with Crippen molar-refractivity contribution in [2.45, 2.75) is 19.3 Å². The van der Waals surface area contributed by atoms with Crippen LogP contribution in [0.4, 0.5) is 4.79 Å². The van der Waals surface area contributed by atoms with Gasteiger partial charge in [-0.05, 0) is 38.3 Å². The average molecular weight is 241 g/mol. The first-order valence-corrected chi connectivity index (χ1v) is 6.66. The van der Waals surface area contributed by atoms with Crippen LogP contribution in [0.1, 0.15) is 19.3 Å². The van der Waals surface area contributed by atoms with Gasteiger partial charge in [0.2, 0.25) is 0 Å². The van der Waals surface area contributed by atoms with Gasteiger partial charge in [-0.1, -0.05) is 0 Å². The largest absolute Gasteiger partial charge is 0.395 e. The lowest BCUT2D eigenvalue weighted by Gasteiger charge is -2.25. The maximum atomic E-state index is 11.9. The second kappa shape index (κ2) is 6.21. The second-order valence-electron chi connectivity index (χ2n) is 4.96. The minimum atomic E-state index is 0.0634. The lowest BCUT2D eigenvalue weighted by molar-refractivity contribution is 0.176. The van der Waals surface area contributed by atoms with Crippen molar-refractivity contribution in [3.05, 3.63) is 0 Å². The molecule has 5 nitrogen and oxygen atoms in total. The van der Waals surface area contributed by atoms with Crippen molar-refractivity contribution in [3.63, 3.8) is 0 Å². The van der Waals surface area contributed by atoms with E-state index >= 15 is 0 Å². The van der Waals surface area contributed by atoms with Gasteiger partial charge in [0.05, 0.1) is 6.61 Å². The van der Waals surface area contributed by atoms with E-state index in [1.165, 1.54) is 12.8 Å². The van der Waals surface area contributed by atoms with Crippen LogP contribution in [0, 0.1) is 5.92 Å². The topological polar surface area (TPSA) is 55.8 Å². The van der Waals surface area contributed by atoms with E-state index in [0.717, 1.165) is 45.1 Å². The highest BCUT2D eigenvalue weighted by molar-refractivity contribution is 5.76. The highest BCUT2D eigenvalue weighted by Gasteiger charge is 2.28. The van der Waals surface area contributed by atoms with Gasteiger partial charge in [0.1, 0.15) is 0 Å². The molecule has 2 heterocycles. The Morgan fingerprint density at radius 1 is 1.18 bits per heavy atom. The van der Waals surface area contributed by atoms with Crippen molar-refractivity contribution in [3.8, 4) is 0 Å². The predicted octanol–water partition coefficient (Wildman–Crippen LogP) is 0.106. The number of β-amino-alcohol motifs (C(OH)–C–C–N with tert-alkyl or cyclic N) is 1. The molecule has 2 saturated heterocycles. The fourth-order valence-corrected chi connectivity index (χ4v) is 2.68. The molecule has 98 valence electrons. The Labute approximate surface area is 103 Å². The molecule has 5 heteroatoms. The fourth-order valence-electron chi connectivity index (χ4n) is 2.68. The minimum Gasteiger partial charge on any atom is -0.395 e. The summed E-state index contributed by atoms with van der Waals surface area (Å²) in [5, 5.41) is 12.2. The standard InChI is InChI=1S/C12H23N3O2/c16-10-9-15-8-7-14(12(15)17)6-3-11-1-4-13-5-2-11/h11,13,16H,1-10H2. The molecule has 2 aliphatic heterocycles. The van der Waals surface area contributed by atoms with Crippen LogP contribution in [-0.2, 0) is 0 Å². The van der Waals surface area contributed by atoms with Crippen molar-refractivity contribution >= 4 is 6.03 Å². The molecule has 0 radical (unpaired) electrons. The molecule has 0 aromatic carbocycles. The van der Waals surface area contributed by atoms with Gasteiger partial charge < -0.3 is 20.2 Å². The molecular formula is C12H23N3O2. The highest BCUT2D eigenvalue weighted by atomic mass is 16.3. The summed E-state index contributed by atoms with van der Waals surface area (Å²) in [6.45, 7) is 5.25. The van der Waals surface area contributed by atoms with Crippen LogP contribution in [0.15, 0.2) is 0 Å². The molecule has 0 atom stereocenters. The molecule has 0 bridgehead atoms. The number of aliphatic hydroxyl groups excluding tert-OH is 1. The number of piperidine rings is 1. The summed E-state index contributed by atoms with van der Waals surface area (Å²) in [6, 6.07) is 0.105. The maximum absolute atomic E-state index is 11.9. The van der Waals surface area contributed by atoms with Crippen LogP contribution in [0.25, 0.3) is 0 Å². The van der Waals surface area contributed by atoms with Gasteiger partial charge >= 0.3 is 6.03 Å². The Morgan fingerprint density at radius 2 is 1.82 bits per heavy atom. The number of hydrogen-bond donors (Lipinski definition) is 2. The van der Waals surface area contributed by atoms with Gasteiger partial charge in [0.25, 0.3) is 0 Å². The summed E-state index contributed by atoms with van der Waals surface area (Å²) in [5.74, 6) is 0.774. The monoisotopic (exact) mass is 241 g/mol. The number of nitrogens with one attached hydrogen (secondary N) is 1. The lowest BCUT2D eigenvalue weighted by Crippen LogP contribution is -2.35. The fraction of sp³-hybridized carbons (Fsp3) is 0.917. The summed E-state index contributed by atoms with van der Waals surface area (Å²) in [4.78, 5) is 15.6. The molecule has 0 aromatic heterocycles. The summed E-state index contributed by atoms with van der Waals surface area (Å²) in [5.41, 5.74) is 0. The van der Waals surface area contributed by atoms with Crippen LogP contribution in [-0.4, -0.2) is 66.8 Å². The molecule has 0 aliphatic carbocycles. The van der Waals surface area contributed by atoms with E-state index in [9.17, 15) is 4.79 Å². The smallest absolute Gasteiger partial charge is 0.320 e. The van der Waals surface area contributed by atoms with E-state index in [4.69, 9.17) is 5.11 Å². The van der Waals surface area contributed by atoms with E-state index in [1.54, 1.807) is 4.90 Å². The van der Waals surface area contributed by atoms with Crippen LogP contribution in [0.5, 0.6) is 0 Å². The second-order valence-corrected chi connectivity index (χ2v) is 4.96. The zero-order valence-electron chi connectivity index (χ0n) is 10.4. The Kier molecular flexibility index (Phi) is 4.62. The molecule has 2 amide bonds. The van der Waals surface area contributed by atoms with E-state index in [0.29, 0.717) is 6.54 Å². The van der Waals surface area contributed by atoms with Gasteiger partial charge in [-0.2, -0.15) is 0 Å². The first kappa shape index (κ1) is 12.6. The number of carbonyl (C=O) groups is 1. The van der Waals surface area contributed by atoms with Crippen LogP contribution >= 0.6 is 0 Å². The SMILES string of the molecule is O=C1N(CCO)CCN1CCC1CCNCC1. The number of hydrogen-bond acceptors (Lipinski definition) is 3. The van der Waals surface area contributed by atoms with Gasteiger partial charge in [-0.15, -0.1) is 0 Å². The molecule has 2 aliphatic rings. The summed E-state index contributed by atoms with van der Waals surface area (Å²) >= 11 is 0. The molecule has 0 saturated carbocycles. The molecule has 0 spiro atoms. The number of carbonyl (C=O) groups excluding carboxylic acids is 1. The maximum Gasteiger partial charge on any atom is 0.320 e. The van der Waals surface area contributed by atoms with Crippen molar-refractivity contribution in [1.82, 2.24) is 15.1 Å². The number of rotatable bonds is 5. The first-order valence-electron chi connectivity index (χ1n) is 6.66. The molecule has 17 heavy (non-hydrogen) atoms. The Hall–Kier alpha value is -0.810. The predicted molar refractivity (Wildman–Crippen MR) is 65.8 cm³/mol. The third-order valence-corrected chi connectivity index (χ3v) is 3.82. The van der Waals surface area contributed by atoms with Crippen molar-refractivity contribution in [1.29, 1.82) is 0 Å². The van der Waals surface area contributed by atoms with E-state index in [2.05, 4.69) is 5.32 Å². The molecule has 2 fully saturated rings. The lowest BCUT2D eigenvalue weighted by atomic mass is 9.94. The zero-order valence-corrected chi connectivity index (χ0v) is 10.4. The first-order chi connectivity index (χ1) is 8.31. The van der Waals surface area contributed by atoms with E-state index < -0.39 is 0 Å². The van der Waals surface area contributed by atoms with Gasteiger partial charge in [-0.25, -0.2) is 4.79 Å². The van der Waals surface area contributed by atoms with Crippen LogP contribution < -0.4 is 5.32 Å². The van der Waals surface area contributed by atoms with Gasteiger partial charge in [-0.3, -0.25) is 0 Å². The summed E-state index contributed by atoms with van der Waals surface area (Å²) < 4.78 is 0. The Balaban J connectivity index is 1.70. The number of amides is 2.